The maximum absolute atomic E-state index is 12.9. The van der Waals surface area contributed by atoms with Crippen LogP contribution in [0.3, 0.4) is 0 Å². The summed E-state index contributed by atoms with van der Waals surface area (Å²) in [6.07, 6.45) is 101. The highest BCUT2D eigenvalue weighted by Crippen LogP contribution is 2.15. The Kier molecular flexibility index (Phi) is 63.9. The molecule has 1 atom stereocenters. The van der Waals surface area contributed by atoms with Crippen LogP contribution in [-0.2, 0) is 28.6 Å². The third-order valence-electron chi connectivity index (χ3n) is 13.4. The van der Waals surface area contributed by atoms with E-state index in [4.69, 9.17) is 14.2 Å². The van der Waals surface area contributed by atoms with Gasteiger partial charge in [-0.2, -0.15) is 0 Å². The fourth-order valence-electron chi connectivity index (χ4n) is 8.56. The fraction of sp³-hybridized carbons (Fsp3) is 0.592. The molecule has 460 valence electrons. The summed E-state index contributed by atoms with van der Waals surface area (Å²) in [5.41, 5.74) is 0. The van der Waals surface area contributed by atoms with Gasteiger partial charge in [-0.05, 0) is 141 Å². The highest BCUT2D eigenvalue weighted by Gasteiger charge is 2.19. The molecule has 0 saturated heterocycles. The number of unbranched alkanes of at least 4 members (excludes halogenated alkanes) is 19. The minimum absolute atomic E-state index is 0.108. The molecule has 1 unspecified atom stereocenters. The maximum atomic E-state index is 12.9. The minimum Gasteiger partial charge on any atom is -0.462 e. The van der Waals surface area contributed by atoms with E-state index in [1.54, 1.807) is 0 Å². The lowest BCUT2D eigenvalue weighted by atomic mass is 10.0. The van der Waals surface area contributed by atoms with Gasteiger partial charge >= 0.3 is 17.9 Å². The van der Waals surface area contributed by atoms with Crippen molar-refractivity contribution in [3.8, 4) is 0 Å². The van der Waals surface area contributed by atoms with Crippen molar-refractivity contribution in [2.75, 3.05) is 13.2 Å². The lowest BCUT2D eigenvalue weighted by Gasteiger charge is -2.18. The first kappa shape index (κ1) is 76.8. The number of hydrogen-bond acceptors (Lipinski definition) is 6. The second-order valence-electron chi connectivity index (χ2n) is 21.3. The van der Waals surface area contributed by atoms with E-state index < -0.39 is 6.10 Å². The molecule has 0 radical (unpaired) electrons. The van der Waals surface area contributed by atoms with Gasteiger partial charge in [0.05, 0.1) is 0 Å². The maximum Gasteiger partial charge on any atom is 0.306 e. The monoisotopic (exact) mass is 1130 g/mol. The Hall–Kier alpha value is -5.23. The minimum atomic E-state index is -0.815. The highest BCUT2D eigenvalue weighted by atomic mass is 16.6. The van der Waals surface area contributed by atoms with E-state index in [0.29, 0.717) is 19.3 Å². The predicted molar refractivity (Wildman–Crippen MR) is 357 cm³/mol. The van der Waals surface area contributed by atoms with Crippen LogP contribution in [0.4, 0.5) is 0 Å². The van der Waals surface area contributed by atoms with Gasteiger partial charge < -0.3 is 14.2 Å². The van der Waals surface area contributed by atoms with Gasteiger partial charge in [-0.3, -0.25) is 14.4 Å². The molecule has 6 nitrogen and oxygen atoms in total. The molecule has 0 heterocycles. The number of ether oxygens (including phenoxy) is 3. The number of esters is 3. The largest absolute Gasteiger partial charge is 0.462 e. The zero-order valence-corrected chi connectivity index (χ0v) is 52.7. The van der Waals surface area contributed by atoms with Crippen LogP contribution < -0.4 is 0 Å². The van der Waals surface area contributed by atoms with Gasteiger partial charge in [0.15, 0.2) is 6.10 Å². The van der Waals surface area contributed by atoms with Gasteiger partial charge in [0, 0.05) is 19.3 Å². The average Bonchev–Trinajstić information content (AvgIpc) is 3.48. The molecule has 0 aliphatic heterocycles. The lowest BCUT2D eigenvalue weighted by molar-refractivity contribution is -0.167. The Morgan fingerprint density at radius 3 is 0.805 bits per heavy atom. The first-order chi connectivity index (χ1) is 40.5. The molecule has 0 saturated carbocycles. The first-order valence-corrected chi connectivity index (χ1v) is 33.1. The van der Waals surface area contributed by atoms with Crippen LogP contribution in [0.25, 0.3) is 0 Å². The van der Waals surface area contributed by atoms with E-state index in [-0.39, 0.29) is 37.5 Å². The van der Waals surface area contributed by atoms with Crippen molar-refractivity contribution in [1.82, 2.24) is 0 Å². The van der Waals surface area contributed by atoms with Crippen molar-refractivity contribution in [2.45, 2.75) is 277 Å². The fourth-order valence-corrected chi connectivity index (χ4v) is 8.56. The molecular formula is C76H120O6. The standard InChI is InChI=1S/C76H120O6/c1-4-7-10-13-16-19-22-24-26-28-30-32-34-36-37-38-39-41-42-44-46-48-50-52-54-57-60-63-66-69-75(78)81-72-73(71-80-74(77)68-65-62-59-56-21-18-15-12-9-6-3)82-76(79)70-67-64-61-58-55-53-51-49-47-45-43-40-35-33-31-29-27-25-23-20-17-14-11-8-5-2/h7-8,10-12,15-17,19-20,24-27,30-33,36-37,39,41,44,46,50,52,57,60,73H,4-6,9,13-14,18,21-23,28-29,34-35,38,40,42-43,45,47-49,51,53-56,58-59,61-72H2,1-3H3/b10-7-,11-8-,15-12-,19-16-,20-17-,26-24-,27-25-,32-30-,33-31-,37-36-,41-39-,46-44-,52-50-,60-57-. The Morgan fingerprint density at radius 1 is 0.256 bits per heavy atom. The molecule has 0 amide bonds. The van der Waals surface area contributed by atoms with E-state index in [1.165, 1.54) is 77.0 Å². The third-order valence-corrected chi connectivity index (χ3v) is 13.4. The number of hydrogen-bond donors (Lipinski definition) is 0. The molecule has 0 aromatic carbocycles. The molecule has 0 N–H and O–H groups in total. The van der Waals surface area contributed by atoms with Crippen molar-refractivity contribution in [2.24, 2.45) is 0 Å². The Balaban J connectivity index is 4.37. The molecular weight excluding hydrogens is 1010 g/mol. The Bertz CT molecular complexity index is 1870. The third kappa shape index (κ3) is 65.6. The molecule has 0 aliphatic carbocycles. The predicted octanol–water partition coefficient (Wildman–Crippen LogP) is 23.0. The molecule has 0 bridgehead atoms. The van der Waals surface area contributed by atoms with E-state index in [1.807, 2.05) is 0 Å². The first-order valence-electron chi connectivity index (χ1n) is 33.1. The van der Waals surface area contributed by atoms with Crippen LogP contribution in [0.2, 0.25) is 0 Å². The number of carbonyl (C=O) groups is 3. The van der Waals surface area contributed by atoms with Gasteiger partial charge in [-0.25, -0.2) is 0 Å². The van der Waals surface area contributed by atoms with E-state index >= 15 is 0 Å². The van der Waals surface area contributed by atoms with Gasteiger partial charge in [-0.15, -0.1) is 0 Å². The van der Waals surface area contributed by atoms with E-state index in [2.05, 4.69) is 191 Å². The van der Waals surface area contributed by atoms with Crippen LogP contribution in [0.1, 0.15) is 271 Å². The van der Waals surface area contributed by atoms with Crippen LogP contribution in [0, 0.1) is 0 Å². The second-order valence-corrected chi connectivity index (χ2v) is 21.3. The van der Waals surface area contributed by atoms with Crippen molar-refractivity contribution >= 4 is 17.9 Å². The van der Waals surface area contributed by atoms with Crippen molar-refractivity contribution in [1.29, 1.82) is 0 Å². The number of carbonyl (C=O) groups excluding carboxylic acids is 3. The second kappa shape index (κ2) is 68.3. The van der Waals surface area contributed by atoms with Gasteiger partial charge in [0.1, 0.15) is 13.2 Å². The van der Waals surface area contributed by atoms with Crippen molar-refractivity contribution in [3.05, 3.63) is 170 Å². The number of allylic oxidation sites excluding steroid dienone is 28. The molecule has 0 fully saturated rings. The van der Waals surface area contributed by atoms with Gasteiger partial charge in [-0.1, -0.05) is 281 Å². The summed E-state index contributed by atoms with van der Waals surface area (Å²) < 4.78 is 16.8. The van der Waals surface area contributed by atoms with Crippen LogP contribution in [-0.4, -0.2) is 37.2 Å². The normalized spacial score (nSPS) is 13.3. The van der Waals surface area contributed by atoms with Gasteiger partial charge in [0.2, 0.25) is 0 Å². The summed E-state index contributed by atoms with van der Waals surface area (Å²) >= 11 is 0. The zero-order valence-electron chi connectivity index (χ0n) is 52.7. The Labute approximate surface area is 504 Å². The average molecular weight is 1130 g/mol. The van der Waals surface area contributed by atoms with Crippen molar-refractivity contribution < 1.29 is 28.6 Å². The molecule has 0 spiro atoms. The SMILES string of the molecule is CC/C=C\C/C=C\C/C=C\C/C=C\C/C=C\C/C=C\C/C=C\C/C=C\C/C=C\CCCC(=O)OCC(COC(=O)CCCCCCC/C=C\CCC)OC(=O)CCCCCCCCCCCCCC/C=C\C/C=C\C/C=C\C/C=C\CC. The van der Waals surface area contributed by atoms with Gasteiger partial charge in [0.25, 0.3) is 0 Å². The highest BCUT2D eigenvalue weighted by molar-refractivity contribution is 5.71. The summed E-state index contributed by atoms with van der Waals surface area (Å²) in [7, 11) is 0. The van der Waals surface area contributed by atoms with E-state index in [0.717, 1.165) is 148 Å². The quantitative estimate of drug-likeness (QED) is 0.0261. The summed E-state index contributed by atoms with van der Waals surface area (Å²) in [4.78, 5) is 38.3. The van der Waals surface area contributed by atoms with Crippen LogP contribution in [0.15, 0.2) is 170 Å². The van der Waals surface area contributed by atoms with E-state index in [9.17, 15) is 14.4 Å². The Morgan fingerprint density at radius 2 is 0.488 bits per heavy atom. The number of rotatable bonds is 58. The summed E-state index contributed by atoms with van der Waals surface area (Å²) in [5, 5.41) is 0. The molecule has 0 aromatic heterocycles. The summed E-state index contributed by atoms with van der Waals surface area (Å²) in [6.45, 7) is 6.29. The molecule has 0 aromatic rings. The topological polar surface area (TPSA) is 78.9 Å². The molecule has 0 rings (SSSR count). The summed E-state index contributed by atoms with van der Waals surface area (Å²) in [5.74, 6) is -0.986. The molecule has 82 heavy (non-hydrogen) atoms. The van der Waals surface area contributed by atoms with Crippen molar-refractivity contribution in [3.63, 3.8) is 0 Å². The van der Waals surface area contributed by atoms with Crippen LogP contribution >= 0.6 is 0 Å². The van der Waals surface area contributed by atoms with Crippen LogP contribution in [0.5, 0.6) is 0 Å². The summed E-state index contributed by atoms with van der Waals surface area (Å²) in [6, 6.07) is 0. The lowest BCUT2D eigenvalue weighted by Crippen LogP contribution is -2.30. The zero-order chi connectivity index (χ0) is 59.2. The smallest absolute Gasteiger partial charge is 0.306 e. The molecule has 6 heteroatoms. The molecule has 0 aliphatic rings.